The van der Waals surface area contributed by atoms with Gasteiger partial charge in [0.05, 0.1) is 18.0 Å². The number of thioether (sulfide) groups is 1. The number of hydrogen-bond donors (Lipinski definition) is 3. The van der Waals surface area contributed by atoms with Crippen molar-refractivity contribution in [2.75, 3.05) is 30.1 Å². The van der Waals surface area contributed by atoms with Crippen LogP contribution in [-0.2, 0) is 9.53 Å². The zero-order valence-electron chi connectivity index (χ0n) is 17.1. The summed E-state index contributed by atoms with van der Waals surface area (Å²) >= 11 is 1.71. The van der Waals surface area contributed by atoms with Crippen molar-refractivity contribution in [3.05, 3.63) is 35.7 Å². The number of amides is 1. The van der Waals surface area contributed by atoms with E-state index in [1.54, 1.807) is 11.8 Å². The lowest BCUT2D eigenvalue weighted by Crippen LogP contribution is -2.14. The summed E-state index contributed by atoms with van der Waals surface area (Å²) in [5.74, 6) is 1.94. The summed E-state index contributed by atoms with van der Waals surface area (Å²) in [4.78, 5) is 25.7. The van der Waals surface area contributed by atoms with Gasteiger partial charge in [-0.1, -0.05) is 6.07 Å². The Kier molecular flexibility index (Phi) is 5.12. The Morgan fingerprint density at radius 3 is 2.80 bits per heavy atom. The van der Waals surface area contributed by atoms with Crippen LogP contribution in [0.25, 0.3) is 11.2 Å². The Balaban J connectivity index is 1.48. The molecule has 1 saturated heterocycles. The van der Waals surface area contributed by atoms with E-state index in [0.717, 1.165) is 55.2 Å². The molecule has 3 heterocycles. The van der Waals surface area contributed by atoms with Gasteiger partial charge in [-0.05, 0) is 50.1 Å². The van der Waals surface area contributed by atoms with Crippen LogP contribution in [0.4, 0.5) is 17.2 Å². The molecular weight excluding hydrogens is 398 g/mol. The molecule has 2 fully saturated rings. The highest BCUT2D eigenvalue weighted by Gasteiger charge is 2.30. The number of carbonyl (C=O) groups excluding carboxylic acids is 1. The molecule has 1 aliphatic heterocycles. The highest BCUT2D eigenvalue weighted by molar-refractivity contribution is 7.98. The molecule has 2 aliphatic rings. The van der Waals surface area contributed by atoms with Gasteiger partial charge in [0.25, 0.3) is 0 Å². The first-order chi connectivity index (χ1) is 14.6. The molecule has 3 N–H and O–H groups in total. The number of anilines is 3. The van der Waals surface area contributed by atoms with Crippen molar-refractivity contribution < 1.29 is 9.53 Å². The summed E-state index contributed by atoms with van der Waals surface area (Å²) in [6, 6.07) is 8.42. The van der Waals surface area contributed by atoms with Crippen LogP contribution in [0.1, 0.15) is 36.6 Å². The molecule has 156 valence electrons. The molecule has 8 heteroatoms. The molecule has 30 heavy (non-hydrogen) atoms. The number of fused-ring (bicyclic) bond motifs is 1. The topological polar surface area (TPSA) is 91.9 Å². The van der Waals surface area contributed by atoms with E-state index in [2.05, 4.69) is 50.0 Å². The molecule has 0 radical (unpaired) electrons. The second-order valence-corrected chi connectivity index (χ2v) is 8.83. The van der Waals surface area contributed by atoms with E-state index in [9.17, 15) is 4.79 Å². The first-order valence-corrected chi connectivity index (χ1v) is 11.5. The van der Waals surface area contributed by atoms with Crippen LogP contribution < -0.4 is 10.6 Å². The predicted octanol–water partition coefficient (Wildman–Crippen LogP) is 4.58. The molecule has 1 aromatic carbocycles. The van der Waals surface area contributed by atoms with Crippen molar-refractivity contribution in [3.63, 3.8) is 0 Å². The van der Waals surface area contributed by atoms with E-state index in [1.807, 2.05) is 13.0 Å². The van der Waals surface area contributed by atoms with Crippen LogP contribution in [0.5, 0.6) is 0 Å². The first kappa shape index (κ1) is 19.4. The van der Waals surface area contributed by atoms with Crippen LogP contribution >= 0.6 is 11.8 Å². The Bertz CT molecular complexity index is 1100. The van der Waals surface area contributed by atoms with Gasteiger partial charge in [-0.15, -0.1) is 11.8 Å². The van der Waals surface area contributed by atoms with Crippen LogP contribution in [0.2, 0.25) is 0 Å². The lowest BCUT2D eigenvalue weighted by Gasteiger charge is -2.16. The normalized spacial score (nSPS) is 18.7. The van der Waals surface area contributed by atoms with Gasteiger partial charge in [0.15, 0.2) is 5.65 Å². The minimum atomic E-state index is 0.0352. The summed E-state index contributed by atoms with van der Waals surface area (Å²) in [5, 5.41) is 6.48. The lowest BCUT2D eigenvalue weighted by atomic mass is 9.98. The number of nitrogens with one attached hydrogen (secondary N) is 3. The SMILES string of the molecule is CSc1cc(C2CCOC2)ccc1Nc1cc(NC(=O)C2CC2)nc2nc(C)[nH]c12. The quantitative estimate of drug-likeness (QED) is 0.503. The Morgan fingerprint density at radius 1 is 1.20 bits per heavy atom. The van der Waals surface area contributed by atoms with Crippen molar-refractivity contribution in [3.8, 4) is 0 Å². The van der Waals surface area contributed by atoms with Crippen LogP contribution in [0.3, 0.4) is 0 Å². The summed E-state index contributed by atoms with van der Waals surface area (Å²) in [5.41, 5.74) is 4.60. The van der Waals surface area contributed by atoms with Gasteiger partial charge in [-0.2, -0.15) is 0 Å². The Labute approximate surface area is 179 Å². The molecule has 1 aliphatic carbocycles. The van der Waals surface area contributed by atoms with Crippen molar-refractivity contribution in [2.24, 2.45) is 5.92 Å². The van der Waals surface area contributed by atoms with E-state index < -0.39 is 0 Å². The Morgan fingerprint density at radius 2 is 2.07 bits per heavy atom. The zero-order chi connectivity index (χ0) is 20.7. The molecule has 3 aromatic rings. The van der Waals surface area contributed by atoms with Crippen LogP contribution in [0.15, 0.2) is 29.2 Å². The largest absolute Gasteiger partial charge is 0.381 e. The predicted molar refractivity (Wildman–Crippen MR) is 120 cm³/mol. The maximum absolute atomic E-state index is 12.2. The molecule has 1 amide bonds. The third-order valence-electron chi connectivity index (χ3n) is 5.68. The number of pyridine rings is 1. The smallest absolute Gasteiger partial charge is 0.228 e. The third kappa shape index (κ3) is 3.89. The number of carbonyl (C=O) groups is 1. The van der Waals surface area contributed by atoms with E-state index in [4.69, 9.17) is 4.74 Å². The van der Waals surface area contributed by atoms with Gasteiger partial charge in [-0.3, -0.25) is 4.79 Å². The van der Waals surface area contributed by atoms with Gasteiger partial charge < -0.3 is 20.4 Å². The number of aromatic amines is 1. The summed E-state index contributed by atoms with van der Waals surface area (Å²) in [6.45, 7) is 3.53. The number of aryl methyl sites for hydroxylation is 1. The number of hydrogen-bond acceptors (Lipinski definition) is 6. The van der Waals surface area contributed by atoms with Crippen molar-refractivity contribution in [1.29, 1.82) is 0 Å². The zero-order valence-corrected chi connectivity index (χ0v) is 17.9. The van der Waals surface area contributed by atoms with Gasteiger partial charge in [0.2, 0.25) is 5.91 Å². The van der Waals surface area contributed by atoms with Gasteiger partial charge in [-0.25, -0.2) is 9.97 Å². The number of aromatic nitrogens is 3. The van der Waals surface area contributed by atoms with Gasteiger partial charge >= 0.3 is 0 Å². The molecule has 0 bridgehead atoms. The van der Waals surface area contributed by atoms with Gasteiger partial charge in [0, 0.05) is 29.4 Å². The summed E-state index contributed by atoms with van der Waals surface area (Å²) in [6.07, 6.45) is 5.06. The fourth-order valence-corrected chi connectivity index (χ4v) is 4.44. The van der Waals surface area contributed by atoms with E-state index in [0.29, 0.717) is 17.4 Å². The highest BCUT2D eigenvalue weighted by Crippen LogP contribution is 2.36. The molecule has 5 rings (SSSR count). The summed E-state index contributed by atoms with van der Waals surface area (Å²) < 4.78 is 5.55. The second kappa shape index (κ2) is 7.92. The fourth-order valence-electron chi connectivity index (χ4n) is 3.85. The molecule has 7 nitrogen and oxygen atoms in total. The standard InChI is InChI=1S/C22H25N5O2S/c1-12-23-20-17(10-19(26-21(20)24-12)27-22(28)13-3-4-13)25-16-6-5-14(9-18(16)30-2)15-7-8-29-11-15/h5-6,9-10,13,15H,3-4,7-8,11H2,1-2H3,(H3,23,24,25,26,27,28). The van der Waals surface area contributed by atoms with Crippen molar-refractivity contribution in [1.82, 2.24) is 15.0 Å². The van der Waals surface area contributed by atoms with Crippen LogP contribution in [0, 0.1) is 12.8 Å². The van der Waals surface area contributed by atoms with Crippen molar-refractivity contribution >= 4 is 46.0 Å². The lowest BCUT2D eigenvalue weighted by molar-refractivity contribution is -0.117. The minimum Gasteiger partial charge on any atom is -0.381 e. The molecule has 2 aromatic heterocycles. The maximum Gasteiger partial charge on any atom is 0.228 e. The van der Waals surface area contributed by atoms with E-state index in [1.165, 1.54) is 10.5 Å². The number of rotatable bonds is 6. The van der Waals surface area contributed by atoms with Crippen molar-refractivity contribution in [2.45, 2.75) is 37.0 Å². The number of H-pyrrole nitrogens is 1. The molecular formula is C22H25N5O2S. The maximum atomic E-state index is 12.2. The third-order valence-corrected chi connectivity index (χ3v) is 6.45. The van der Waals surface area contributed by atoms with Gasteiger partial charge in [0.1, 0.15) is 17.2 Å². The fraction of sp³-hybridized carbons (Fsp3) is 0.409. The highest BCUT2D eigenvalue weighted by atomic mass is 32.2. The molecule has 1 unspecified atom stereocenters. The average molecular weight is 424 g/mol. The average Bonchev–Trinajstić information content (AvgIpc) is 3.31. The second-order valence-electron chi connectivity index (χ2n) is 7.98. The number of ether oxygens (including phenoxy) is 1. The number of benzene rings is 1. The monoisotopic (exact) mass is 423 g/mol. The van der Waals surface area contributed by atoms with E-state index >= 15 is 0 Å². The first-order valence-electron chi connectivity index (χ1n) is 10.3. The van der Waals surface area contributed by atoms with Crippen LogP contribution in [-0.4, -0.2) is 40.3 Å². The number of imidazole rings is 1. The number of nitrogens with zero attached hydrogens (tertiary/aromatic N) is 2. The Hall–Kier alpha value is -2.58. The molecule has 1 atom stereocenters. The summed E-state index contributed by atoms with van der Waals surface area (Å²) in [7, 11) is 0. The molecule has 1 saturated carbocycles. The van der Waals surface area contributed by atoms with E-state index in [-0.39, 0.29) is 11.8 Å². The molecule has 0 spiro atoms. The minimum absolute atomic E-state index is 0.0352.